The van der Waals surface area contributed by atoms with E-state index in [1.54, 1.807) is 12.1 Å². The molecule has 0 saturated heterocycles. The largest absolute Gasteiger partial charge is 0.396 e. The van der Waals surface area contributed by atoms with E-state index >= 15 is 0 Å². The molecule has 0 aliphatic carbocycles. The van der Waals surface area contributed by atoms with Crippen molar-refractivity contribution in [2.45, 2.75) is 25.7 Å². The molecule has 0 bridgehead atoms. The van der Waals surface area contributed by atoms with Crippen LogP contribution in [0.5, 0.6) is 0 Å². The summed E-state index contributed by atoms with van der Waals surface area (Å²) in [5.41, 5.74) is 2.37. The Hall–Kier alpha value is -2.27. The lowest BCUT2D eigenvalue weighted by Crippen LogP contribution is -2.11. The van der Waals surface area contributed by atoms with Gasteiger partial charge in [-0.25, -0.2) is 8.78 Å². The summed E-state index contributed by atoms with van der Waals surface area (Å²) in [5.74, 6) is -1.85. The van der Waals surface area contributed by atoms with Gasteiger partial charge in [0.2, 0.25) is 5.91 Å². The van der Waals surface area contributed by atoms with E-state index in [9.17, 15) is 13.6 Å². The lowest BCUT2D eigenvalue weighted by molar-refractivity contribution is -0.116. The van der Waals surface area contributed by atoms with Crippen LogP contribution in [0, 0.1) is 11.6 Å². The maximum absolute atomic E-state index is 13.1. The second-order valence-electron chi connectivity index (χ2n) is 5.32. The summed E-state index contributed by atoms with van der Waals surface area (Å²) in [4.78, 5) is 11.8. The number of halogens is 2. The number of carbonyl (C=O) groups is 1. The molecule has 2 aromatic carbocycles. The van der Waals surface area contributed by atoms with E-state index in [4.69, 9.17) is 5.11 Å². The van der Waals surface area contributed by atoms with Gasteiger partial charge in [0, 0.05) is 18.7 Å². The number of aliphatic hydroxyl groups is 1. The van der Waals surface area contributed by atoms with Crippen LogP contribution >= 0.6 is 0 Å². The van der Waals surface area contributed by atoms with Gasteiger partial charge in [-0.2, -0.15) is 0 Å². The Morgan fingerprint density at radius 1 is 0.957 bits per heavy atom. The molecule has 0 saturated carbocycles. The standard InChI is InChI=1S/C18H19F2NO2/c19-16-9-6-14(12-17(16)20)2-1-3-18(23)21-15-7-4-13(5-8-15)10-11-22/h4-9,12,22H,1-3,10-11H2,(H,21,23). The first-order valence-corrected chi connectivity index (χ1v) is 7.52. The van der Waals surface area contributed by atoms with Gasteiger partial charge < -0.3 is 10.4 Å². The van der Waals surface area contributed by atoms with Crippen LogP contribution in [0.25, 0.3) is 0 Å². The van der Waals surface area contributed by atoms with Crippen molar-refractivity contribution in [3.63, 3.8) is 0 Å². The van der Waals surface area contributed by atoms with Crippen molar-refractivity contribution in [3.05, 3.63) is 65.2 Å². The molecule has 2 rings (SSSR count). The molecule has 0 fully saturated rings. The van der Waals surface area contributed by atoms with Crippen molar-refractivity contribution < 1.29 is 18.7 Å². The van der Waals surface area contributed by atoms with Crippen LogP contribution in [0.3, 0.4) is 0 Å². The SMILES string of the molecule is O=C(CCCc1ccc(F)c(F)c1)Nc1ccc(CCO)cc1. The van der Waals surface area contributed by atoms with Gasteiger partial charge in [-0.15, -0.1) is 0 Å². The van der Waals surface area contributed by atoms with Crippen LogP contribution < -0.4 is 5.32 Å². The number of carbonyl (C=O) groups excluding carboxylic acids is 1. The predicted molar refractivity (Wildman–Crippen MR) is 85.2 cm³/mol. The number of amides is 1. The van der Waals surface area contributed by atoms with Crippen molar-refractivity contribution in [1.29, 1.82) is 0 Å². The topological polar surface area (TPSA) is 49.3 Å². The van der Waals surface area contributed by atoms with Gasteiger partial charge in [0.05, 0.1) is 0 Å². The molecule has 2 N–H and O–H groups in total. The number of aliphatic hydroxyl groups excluding tert-OH is 1. The Bertz CT molecular complexity index is 657. The number of rotatable bonds is 7. The quantitative estimate of drug-likeness (QED) is 0.821. The fourth-order valence-corrected chi connectivity index (χ4v) is 2.26. The van der Waals surface area contributed by atoms with Crippen molar-refractivity contribution in [2.24, 2.45) is 0 Å². The summed E-state index contributed by atoms with van der Waals surface area (Å²) in [6, 6.07) is 11.1. The van der Waals surface area contributed by atoms with E-state index in [-0.39, 0.29) is 12.5 Å². The second kappa shape index (κ2) is 8.39. The first-order chi connectivity index (χ1) is 11.1. The van der Waals surface area contributed by atoms with Crippen molar-refractivity contribution in [3.8, 4) is 0 Å². The highest BCUT2D eigenvalue weighted by atomic mass is 19.2. The zero-order valence-corrected chi connectivity index (χ0v) is 12.7. The fourth-order valence-electron chi connectivity index (χ4n) is 2.26. The third kappa shape index (κ3) is 5.45. The van der Waals surface area contributed by atoms with Gasteiger partial charge in [0.15, 0.2) is 11.6 Å². The Morgan fingerprint density at radius 2 is 1.65 bits per heavy atom. The number of hydrogen-bond donors (Lipinski definition) is 2. The average Bonchev–Trinajstić information content (AvgIpc) is 2.53. The van der Waals surface area contributed by atoms with Crippen LogP contribution in [-0.2, 0) is 17.6 Å². The highest BCUT2D eigenvalue weighted by Gasteiger charge is 2.05. The van der Waals surface area contributed by atoms with Crippen LogP contribution in [0.4, 0.5) is 14.5 Å². The molecular weight excluding hydrogens is 300 g/mol. The van der Waals surface area contributed by atoms with E-state index in [1.807, 2.05) is 12.1 Å². The zero-order valence-electron chi connectivity index (χ0n) is 12.7. The van der Waals surface area contributed by atoms with E-state index < -0.39 is 11.6 Å². The van der Waals surface area contributed by atoms with Crippen LogP contribution in [-0.4, -0.2) is 17.6 Å². The van der Waals surface area contributed by atoms with Crippen molar-refractivity contribution >= 4 is 11.6 Å². The Labute approximate surface area is 134 Å². The molecular formula is C18H19F2NO2. The Morgan fingerprint density at radius 3 is 2.30 bits per heavy atom. The molecule has 5 heteroatoms. The lowest BCUT2D eigenvalue weighted by atomic mass is 10.1. The zero-order chi connectivity index (χ0) is 16.7. The molecule has 3 nitrogen and oxygen atoms in total. The molecule has 0 aliphatic heterocycles. The number of anilines is 1. The van der Waals surface area contributed by atoms with E-state index in [1.165, 1.54) is 6.07 Å². The molecule has 0 spiro atoms. The smallest absolute Gasteiger partial charge is 0.224 e. The molecule has 0 atom stereocenters. The summed E-state index contributed by atoms with van der Waals surface area (Å²) in [6.07, 6.45) is 1.96. The van der Waals surface area contributed by atoms with E-state index in [2.05, 4.69) is 5.32 Å². The number of benzene rings is 2. The van der Waals surface area contributed by atoms with Gasteiger partial charge in [-0.3, -0.25) is 4.79 Å². The first kappa shape index (κ1) is 17.1. The van der Waals surface area contributed by atoms with Crippen molar-refractivity contribution in [1.82, 2.24) is 0 Å². The third-order valence-electron chi connectivity index (χ3n) is 3.49. The van der Waals surface area contributed by atoms with E-state index in [0.29, 0.717) is 36.9 Å². The van der Waals surface area contributed by atoms with Gasteiger partial charge >= 0.3 is 0 Å². The first-order valence-electron chi connectivity index (χ1n) is 7.52. The summed E-state index contributed by atoms with van der Waals surface area (Å²) in [5, 5.41) is 11.6. The Balaban J connectivity index is 1.77. The summed E-state index contributed by atoms with van der Waals surface area (Å²) >= 11 is 0. The van der Waals surface area contributed by atoms with Gasteiger partial charge in [-0.05, 0) is 54.7 Å². The molecule has 0 aromatic heterocycles. The highest BCUT2D eigenvalue weighted by molar-refractivity contribution is 5.90. The number of hydrogen-bond acceptors (Lipinski definition) is 2. The molecule has 122 valence electrons. The second-order valence-corrected chi connectivity index (χ2v) is 5.32. The molecule has 1 amide bonds. The third-order valence-corrected chi connectivity index (χ3v) is 3.49. The summed E-state index contributed by atoms with van der Waals surface area (Å²) in [6.45, 7) is 0.0929. The van der Waals surface area contributed by atoms with Crippen molar-refractivity contribution in [2.75, 3.05) is 11.9 Å². The van der Waals surface area contributed by atoms with Gasteiger partial charge in [0.1, 0.15) is 0 Å². The monoisotopic (exact) mass is 319 g/mol. The highest BCUT2D eigenvalue weighted by Crippen LogP contribution is 2.13. The molecule has 2 aromatic rings. The molecule has 0 aliphatic rings. The van der Waals surface area contributed by atoms with E-state index in [0.717, 1.165) is 17.7 Å². The minimum absolute atomic E-state index is 0.0929. The normalized spacial score (nSPS) is 10.6. The van der Waals surface area contributed by atoms with Crippen LogP contribution in [0.2, 0.25) is 0 Å². The molecule has 0 radical (unpaired) electrons. The number of aryl methyl sites for hydroxylation is 1. The predicted octanol–water partition coefficient (Wildman–Crippen LogP) is 3.46. The maximum Gasteiger partial charge on any atom is 0.224 e. The molecule has 23 heavy (non-hydrogen) atoms. The molecule has 0 heterocycles. The minimum atomic E-state index is -0.866. The molecule has 0 unspecified atom stereocenters. The van der Waals surface area contributed by atoms with Crippen LogP contribution in [0.1, 0.15) is 24.0 Å². The maximum atomic E-state index is 13.1. The minimum Gasteiger partial charge on any atom is -0.396 e. The van der Waals surface area contributed by atoms with Crippen LogP contribution in [0.15, 0.2) is 42.5 Å². The lowest BCUT2D eigenvalue weighted by Gasteiger charge is -2.07. The van der Waals surface area contributed by atoms with Gasteiger partial charge in [0.25, 0.3) is 0 Å². The van der Waals surface area contributed by atoms with Gasteiger partial charge in [-0.1, -0.05) is 18.2 Å². The summed E-state index contributed by atoms with van der Waals surface area (Å²) < 4.78 is 25.9. The Kier molecular flexibility index (Phi) is 6.23. The average molecular weight is 319 g/mol. The fraction of sp³-hybridized carbons (Fsp3) is 0.278. The number of nitrogens with one attached hydrogen (secondary N) is 1. The summed E-state index contributed by atoms with van der Waals surface area (Å²) in [7, 11) is 0.